The zero-order chi connectivity index (χ0) is 12.2. The van der Waals surface area contributed by atoms with Crippen molar-refractivity contribution in [1.29, 1.82) is 0 Å². The summed E-state index contributed by atoms with van der Waals surface area (Å²) in [7, 11) is 0. The number of aliphatic carboxylic acids is 1. The van der Waals surface area contributed by atoms with Gasteiger partial charge in [-0.15, -0.1) is 0 Å². The molecule has 1 unspecified atom stereocenters. The number of carbonyl (C=O) groups excluding carboxylic acids is 1. The largest absolute Gasteiger partial charge is 0.481 e. The molecular formula is C12H21NO3. The molecule has 1 rings (SSSR count). The van der Waals surface area contributed by atoms with Crippen LogP contribution in [-0.4, -0.2) is 23.0 Å². The lowest BCUT2D eigenvalue weighted by Crippen LogP contribution is -2.43. The van der Waals surface area contributed by atoms with E-state index in [1.165, 1.54) is 0 Å². The van der Waals surface area contributed by atoms with Gasteiger partial charge in [0, 0.05) is 11.5 Å². The van der Waals surface area contributed by atoms with Crippen molar-refractivity contribution in [1.82, 2.24) is 5.32 Å². The van der Waals surface area contributed by atoms with Gasteiger partial charge in [0.25, 0.3) is 0 Å². The van der Waals surface area contributed by atoms with Gasteiger partial charge in [0.05, 0.1) is 6.42 Å². The van der Waals surface area contributed by atoms with Crippen molar-refractivity contribution in [2.75, 3.05) is 0 Å². The summed E-state index contributed by atoms with van der Waals surface area (Å²) >= 11 is 0. The van der Waals surface area contributed by atoms with Gasteiger partial charge in [-0.05, 0) is 19.3 Å². The average Bonchev–Trinajstić information content (AvgIpc) is 2.64. The fraction of sp³-hybridized carbons (Fsp3) is 0.833. The van der Waals surface area contributed by atoms with Gasteiger partial charge in [-0.25, -0.2) is 0 Å². The van der Waals surface area contributed by atoms with E-state index < -0.39 is 5.97 Å². The average molecular weight is 227 g/mol. The highest BCUT2D eigenvalue weighted by atomic mass is 16.4. The van der Waals surface area contributed by atoms with E-state index in [1.54, 1.807) is 0 Å². The highest BCUT2D eigenvalue weighted by Gasteiger charge is 2.36. The van der Waals surface area contributed by atoms with E-state index in [4.69, 9.17) is 5.11 Å². The summed E-state index contributed by atoms with van der Waals surface area (Å²) in [5, 5.41) is 11.6. The van der Waals surface area contributed by atoms with Crippen molar-refractivity contribution in [3.05, 3.63) is 0 Å². The Kier molecular flexibility index (Phi) is 4.33. The monoisotopic (exact) mass is 227 g/mol. The van der Waals surface area contributed by atoms with Crippen LogP contribution in [0.3, 0.4) is 0 Å². The maximum absolute atomic E-state index is 12.0. The third kappa shape index (κ3) is 3.22. The molecule has 0 bridgehead atoms. The maximum Gasteiger partial charge on any atom is 0.305 e. The lowest BCUT2D eigenvalue weighted by Gasteiger charge is -2.25. The molecule has 0 radical (unpaired) electrons. The van der Waals surface area contributed by atoms with Crippen LogP contribution in [-0.2, 0) is 9.59 Å². The molecule has 4 nitrogen and oxygen atoms in total. The Morgan fingerprint density at radius 2 is 1.94 bits per heavy atom. The smallest absolute Gasteiger partial charge is 0.305 e. The van der Waals surface area contributed by atoms with E-state index >= 15 is 0 Å². The van der Waals surface area contributed by atoms with Crippen molar-refractivity contribution in [2.24, 2.45) is 5.41 Å². The molecule has 1 aliphatic carbocycles. The van der Waals surface area contributed by atoms with Crippen LogP contribution in [0.25, 0.3) is 0 Å². The lowest BCUT2D eigenvalue weighted by atomic mass is 9.87. The molecule has 0 aromatic heterocycles. The normalized spacial score (nSPS) is 20.4. The zero-order valence-electron chi connectivity index (χ0n) is 10.1. The third-order valence-electron chi connectivity index (χ3n) is 3.50. The van der Waals surface area contributed by atoms with E-state index in [9.17, 15) is 9.59 Å². The molecule has 0 spiro atoms. The van der Waals surface area contributed by atoms with Crippen molar-refractivity contribution in [3.8, 4) is 0 Å². The summed E-state index contributed by atoms with van der Waals surface area (Å²) in [5.41, 5.74) is -0.272. The highest BCUT2D eigenvalue weighted by Crippen LogP contribution is 2.37. The van der Waals surface area contributed by atoms with Crippen molar-refractivity contribution in [2.45, 2.75) is 58.4 Å². The SMILES string of the molecule is CCC(CC(=O)O)NC(=O)C1(C)CCCC1. The molecule has 0 aromatic rings. The summed E-state index contributed by atoms with van der Waals surface area (Å²) in [6.45, 7) is 3.87. The second-order valence-electron chi connectivity index (χ2n) is 4.94. The van der Waals surface area contributed by atoms with E-state index in [-0.39, 0.29) is 23.8 Å². The number of hydrogen-bond acceptors (Lipinski definition) is 2. The summed E-state index contributed by atoms with van der Waals surface area (Å²) < 4.78 is 0. The molecule has 2 N–H and O–H groups in total. The first-order chi connectivity index (χ1) is 7.48. The molecule has 16 heavy (non-hydrogen) atoms. The Morgan fingerprint density at radius 1 is 1.38 bits per heavy atom. The van der Waals surface area contributed by atoms with E-state index in [2.05, 4.69) is 5.32 Å². The molecule has 1 atom stereocenters. The van der Waals surface area contributed by atoms with Gasteiger partial charge in [0.2, 0.25) is 5.91 Å². The molecule has 4 heteroatoms. The van der Waals surface area contributed by atoms with Crippen LogP contribution >= 0.6 is 0 Å². The van der Waals surface area contributed by atoms with E-state index in [1.807, 2.05) is 13.8 Å². The molecule has 0 saturated heterocycles. The molecule has 92 valence electrons. The van der Waals surface area contributed by atoms with Crippen LogP contribution in [0.4, 0.5) is 0 Å². The van der Waals surface area contributed by atoms with Crippen LogP contribution in [0.5, 0.6) is 0 Å². The van der Waals surface area contributed by atoms with Gasteiger partial charge in [0.1, 0.15) is 0 Å². The summed E-state index contributed by atoms with van der Waals surface area (Å²) in [4.78, 5) is 22.6. The molecular weight excluding hydrogens is 206 g/mol. The van der Waals surface area contributed by atoms with Crippen LogP contribution in [0, 0.1) is 5.41 Å². The molecule has 0 aliphatic heterocycles. The summed E-state index contributed by atoms with van der Waals surface area (Å²) in [6, 6.07) is -0.234. The predicted molar refractivity (Wildman–Crippen MR) is 61.0 cm³/mol. The fourth-order valence-corrected chi connectivity index (χ4v) is 2.25. The quantitative estimate of drug-likeness (QED) is 0.754. The summed E-state index contributed by atoms with van der Waals surface area (Å²) in [6.07, 6.45) is 4.70. The predicted octanol–water partition coefficient (Wildman–Crippen LogP) is 1.94. The first-order valence-corrected chi connectivity index (χ1v) is 6.00. The molecule has 0 aromatic carbocycles. The van der Waals surface area contributed by atoms with Gasteiger partial charge in [-0.2, -0.15) is 0 Å². The number of amides is 1. The van der Waals surface area contributed by atoms with Crippen LogP contribution in [0.2, 0.25) is 0 Å². The van der Waals surface area contributed by atoms with Gasteiger partial charge in [-0.3, -0.25) is 9.59 Å². The molecule has 1 saturated carbocycles. The third-order valence-corrected chi connectivity index (χ3v) is 3.50. The molecule has 1 fully saturated rings. The van der Waals surface area contributed by atoms with E-state index in [0.717, 1.165) is 25.7 Å². The minimum absolute atomic E-state index is 0.0122. The zero-order valence-corrected chi connectivity index (χ0v) is 10.1. The minimum atomic E-state index is -0.858. The van der Waals surface area contributed by atoms with Gasteiger partial charge >= 0.3 is 5.97 Å². The molecule has 1 aliphatic rings. The van der Waals surface area contributed by atoms with Crippen LogP contribution in [0.1, 0.15) is 52.4 Å². The van der Waals surface area contributed by atoms with Crippen LogP contribution in [0.15, 0.2) is 0 Å². The minimum Gasteiger partial charge on any atom is -0.481 e. The maximum atomic E-state index is 12.0. The number of rotatable bonds is 5. The topological polar surface area (TPSA) is 66.4 Å². The Balaban J connectivity index is 2.51. The second-order valence-corrected chi connectivity index (χ2v) is 4.94. The van der Waals surface area contributed by atoms with Gasteiger partial charge in [-0.1, -0.05) is 26.7 Å². The summed E-state index contributed by atoms with van der Waals surface area (Å²) in [5.74, 6) is -0.832. The first-order valence-electron chi connectivity index (χ1n) is 6.00. The van der Waals surface area contributed by atoms with Crippen molar-refractivity contribution >= 4 is 11.9 Å². The Morgan fingerprint density at radius 3 is 2.38 bits per heavy atom. The number of carboxylic acids is 1. The van der Waals surface area contributed by atoms with Gasteiger partial charge < -0.3 is 10.4 Å². The van der Waals surface area contributed by atoms with Crippen molar-refractivity contribution < 1.29 is 14.7 Å². The fourth-order valence-electron chi connectivity index (χ4n) is 2.25. The Bertz CT molecular complexity index is 269. The lowest BCUT2D eigenvalue weighted by molar-refractivity contribution is -0.138. The van der Waals surface area contributed by atoms with Gasteiger partial charge in [0.15, 0.2) is 0 Å². The van der Waals surface area contributed by atoms with Crippen LogP contribution < -0.4 is 5.32 Å². The van der Waals surface area contributed by atoms with E-state index in [0.29, 0.717) is 6.42 Å². The Labute approximate surface area is 96.4 Å². The second kappa shape index (κ2) is 5.32. The Hall–Kier alpha value is -1.06. The standard InChI is InChI=1S/C12H21NO3/c1-3-9(8-10(14)15)13-11(16)12(2)6-4-5-7-12/h9H,3-8H2,1-2H3,(H,13,16)(H,14,15). The van der Waals surface area contributed by atoms with Crippen molar-refractivity contribution in [3.63, 3.8) is 0 Å². The number of nitrogens with one attached hydrogen (secondary N) is 1. The number of carboxylic acid groups (broad SMARTS) is 1. The number of hydrogen-bond donors (Lipinski definition) is 2. The number of carbonyl (C=O) groups is 2. The molecule has 1 amide bonds. The first kappa shape index (κ1) is 13.0. The highest BCUT2D eigenvalue weighted by molar-refractivity contribution is 5.83. The molecule has 0 heterocycles.